The van der Waals surface area contributed by atoms with Crippen molar-refractivity contribution in [2.24, 2.45) is 0 Å². The summed E-state index contributed by atoms with van der Waals surface area (Å²) in [5, 5.41) is 16.2. The summed E-state index contributed by atoms with van der Waals surface area (Å²) in [6, 6.07) is 4.18. The van der Waals surface area contributed by atoms with Crippen LogP contribution in [0, 0.1) is 10.1 Å². The number of carbonyl (C=O) groups excluding carboxylic acids is 1. The number of methoxy groups -OCH3 is 1. The van der Waals surface area contributed by atoms with Gasteiger partial charge in [0.15, 0.2) is 0 Å². The van der Waals surface area contributed by atoms with E-state index in [1.807, 2.05) is 13.8 Å². The van der Waals surface area contributed by atoms with Crippen LogP contribution >= 0.6 is 0 Å². The molecule has 0 atom stereocenters. The number of carbonyl (C=O) groups is 1. The predicted octanol–water partition coefficient (Wildman–Crippen LogP) is 1.79. The van der Waals surface area contributed by atoms with Gasteiger partial charge in [0.1, 0.15) is 5.69 Å². The highest BCUT2D eigenvalue weighted by Gasteiger charge is 2.19. The molecule has 0 saturated heterocycles. The number of nitro benzene ring substituents is 1. The van der Waals surface area contributed by atoms with Crippen molar-refractivity contribution in [2.45, 2.75) is 19.4 Å². The van der Waals surface area contributed by atoms with Crippen LogP contribution < -0.4 is 10.6 Å². The zero-order valence-corrected chi connectivity index (χ0v) is 12.0. The molecule has 0 spiro atoms. The molecule has 1 rings (SSSR count). The van der Waals surface area contributed by atoms with Gasteiger partial charge in [-0.2, -0.15) is 0 Å². The van der Waals surface area contributed by atoms with Gasteiger partial charge in [0.2, 0.25) is 0 Å². The quantitative estimate of drug-likeness (QED) is 0.612. The van der Waals surface area contributed by atoms with Crippen LogP contribution in [-0.4, -0.2) is 37.1 Å². The number of anilines is 1. The summed E-state index contributed by atoms with van der Waals surface area (Å²) in [6.07, 6.45) is 0. The van der Waals surface area contributed by atoms with Crippen molar-refractivity contribution in [3.05, 3.63) is 33.9 Å². The van der Waals surface area contributed by atoms with Crippen LogP contribution in [0.1, 0.15) is 24.2 Å². The maximum Gasteiger partial charge on any atom is 0.292 e. The number of ether oxygens (including phenoxy) is 1. The second kappa shape index (κ2) is 6.33. The molecule has 0 bridgehead atoms. The summed E-state index contributed by atoms with van der Waals surface area (Å²) in [5.74, 6) is -0.304. The molecule has 1 aromatic rings. The van der Waals surface area contributed by atoms with E-state index in [2.05, 4.69) is 10.6 Å². The number of benzene rings is 1. The summed E-state index contributed by atoms with van der Waals surface area (Å²) in [5.41, 5.74) is 0.115. The van der Waals surface area contributed by atoms with Crippen molar-refractivity contribution in [2.75, 3.05) is 26.0 Å². The monoisotopic (exact) mass is 281 g/mol. The summed E-state index contributed by atoms with van der Waals surface area (Å²) in [4.78, 5) is 22.3. The van der Waals surface area contributed by atoms with Crippen LogP contribution in [0.5, 0.6) is 0 Å². The van der Waals surface area contributed by atoms with Gasteiger partial charge in [-0.25, -0.2) is 0 Å². The molecular formula is C13H19N3O4. The molecule has 0 aliphatic carbocycles. The highest BCUT2D eigenvalue weighted by atomic mass is 16.6. The van der Waals surface area contributed by atoms with E-state index in [1.54, 1.807) is 14.2 Å². The highest BCUT2D eigenvalue weighted by molar-refractivity contribution is 5.95. The molecule has 0 aromatic heterocycles. The van der Waals surface area contributed by atoms with Crippen molar-refractivity contribution >= 4 is 17.3 Å². The van der Waals surface area contributed by atoms with Gasteiger partial charge in [-0.05, 0) is 26.0 Å². The molecule has 7 nitrogen and oxygen atoms in total. The molecule has 1 amide bonds. The number of nitrogens with one attached hydrogen (secondary N) is 2. The summed E-state index contributed by atoms with van der Waals surface area (Å²) < 4.78 is 5.20. The van der Waals surface area contributed by atoms with Crippen LogP contribution in [0.15, 0.2) is 18.2 Å². The molecule has 0 heterocycles. The lowest BCUT2D eigenvalue weighted by Crippen LogP contribution is -2.39. The Morgan fingerprint density at radius 2 is 2.10 bits per heavy atom. The fourth-order valence-corrected chi connectivity index (χ4v) is 1.50. The Kier molecular flexibility index (Phi) is 5.04. The minimum atomic E-state index is -0.498. The third-order valence-electron chi connectivity index (χ3n) is 2.95. The summed E-state index contributed by atoms with van der Waals surface area (Å²) in [7, 11) is 3.13. The van der Waals surface area contributed by atoms with Gasteiger partial charge in [0, 0.05) is 32.3 Å². The van der Waals surface area contributed by atoms with Gasteiger partial charge in [-0.3, -0.25) is 14.9 Å². The molecule has 0 fully saturated rings. The molecule has 7 heteroatoms. The van der Waals surface area contributed by atoms with Crippen molar-refractivity contribution in [3.63, 3.8) is 0 Å². The average molecular weight is 281 g/mol. The zero-order chi connectivity index (χ0) is 15.3. The van der Waals surface area contributed by atoms with Gasteiger partial charge >= 0.3 is 0 Å². The van der Waals surface area contributed by atoms with E-state index in [9.17, 15) is 14.9 Å². The van der Waals surface area contributed by atoms with Crippen molar-refractivity contribution < 1.29 is 14.5 Å². The Balaban J connectivity index is 2.87. The zero-order valence-electron chi connectivity index (χ0n) is 12.0. The SMILES string of the molecule is CNc1cc(C(=O)NCC(C)(C)OC)ccc1[N+](=O)[O-]. The average Bonchev–Trinajstić information content (AvgIpc) is 2.43. The number of rotatable bonds is 6. The molecule has 0 aliphatic rings. The third-order valence-corrected chi connectivity index (χ3v) is 2.95. The van der Waals surface area contributed by atoms with Crippen molar-refractivity contribution in [1.82, 2.24) is 5.32 Å². The number of hydrogen-bond donors (Lipinski definition) is 2. The molecule has 1 aromatic carbocycles. The Morgan fingerprint density at radius 3 is 2.60 bits per heavy atom. The Labute approximate surface area is 117 Å². The number of nitro groups is 1. The topological polar surface area (TPSA) is 93.5 Å². The van der Waals surface area contributed by atoms with E-state index in [-0.39, 0.29) is 11.6 Å². The molecule has 0 saturated carbocycles. The molecular weight excluding hydrogens is 262 g/mol. The molecule has 110 valence electrons. The number of hydrogen-bond acceptors (Lipinski definition) is 5. The van der Waals surface area contributed by atoms with Gasteiger partial charge in [0.05, 0.1) is 10.5 Å². The van der Waals surface area contributed by atoms with E-state index < -0.39 is 10.5 Å². The lowest BCUT2D eigenvalue weighted by Gasteiger charge is -2.23. The lowest BCUT2D eigenvalue weighted by atomic mass is 10.1. The minimum absolute atomic E-state index is 0.0683. The third kappa shape index (κ3) is 3.92. The lowest BCUT2D eigenvalue weighted by molar-refractivity contribution is -0.383. The Morgan fingerprint density at radius 1 is 1.45 bits per heavy atom. The maximum atomic E-state index is 12.0. The number of nitrogens with zero attached hydrogens (tertiary/aromatic N) is 1. The molecule has 20 heavy (non-hydrogen) atoms. The first kappa shape index (κ1) is 15.9. The largest absolute Gasteiger partial charge is 0.383 e. The normalized spacial score (nSPS) is 11.0. The van der Waals surface area contributed by atoms with Crippen LogP contribution in [0.2, 0.25) is 0 Å². The highest BCUT2D eigenvalue weighted by Crippen LogP contribution is 2.24. The van der Waals surface area contributed by atoms with Crippen molar-refractivity contribution in [1.29, 1.82) is 0 Å². The van der Waals surface area contributed by atoms with E-state index in [0.717, 1.165) is 0 Å². The first-order valence-corrected chi connectivity index (χ1v) is 6.10. The fraction of sp³-hybridized carbons (Fsp3) is 0.462. The fourth-order valence-electron chi connectivity index (χ4n) is 1.50. The molecule has 0 radical (unpaired) electrons. The maximum absolute atomic E-state index is 12.0. The predicted molar refractivity (Wildman–Crippen MR) is 76.1 cm³/mol. The minimum Gasteiger partial charge on any atom is -0.383 e. The molecule has 2 N–H and O–H groups in total. The van der Waals surface area contributed by atoms with Gasteiger partial charge in [-0.1, -0.05) is 0 Å². The van der Waals surface area contributed by atoms with E-state index >= 15 is 0 Å². The Bertz CT molecular complexity index is 514. The van der Waals surface area contributed by atoms with Crippen LogP contribution in [0.3, 0.4) is 0 Å². The van der Waals surface area contributed by atoms with Gasteiger partial charge < -0.3 is 15.4 Å². The summed E-state index contributed by atoms with van der Waals surface area (Å²) >= 11 is 0. The van der Waals surface area contributed by atoms with Crippen LogP contribution in [0.25, 0.3) is 0 Å². The Hall–Kier alpha value is -2.15. The second-order valence-electron chi connectivity index (χ2n) is 4.89. The number of amides is 1. The second-order valence-corrected chi connectivity index (χ2v) is 4.89. The first-order valence-electron chi connectivity index (χ1n) is 6.10. The molecule has 0 unspecified atom stereocenters. The first-order chi connectivity index (χ1) is 9.30. The van der Waals surface area contributed by atoms with E-state index in [4.69, 9.17) is 4.74 Å². The van der Waals surface area contributed by atoms with E-state index in [1.165, 1.54) is 18.2 Å². The smallest absolute Gasteiger partial charge is 0.292 e. The van der Waals surface area contributed by atoms with E-state index in [0.29, 0.717) is 17.8 Å². The van der Waals surface area contributed by atoms with Crippen LogP contribution in [0.4, 0.5) is 11.4 Å². The van der Waals surface area contributed by atoms with Crippen molar-refractivity contribution in [3.8, 4) is 0 Å². The summed E-state index contributed by atoms with van der Waals surface area (Å²) in [6.45, 7) is 4.04. The van der Waals surface area contributed by atoms with Crippen LogP contribution in [-0.2, 0) is 4.74 Å². The van der Waals surface area contributed by atoms with Gasteiger partial charge in [-0.15, -0.1) is 0 Å². The molecule has 0 aliphatic heterocycles. The standard InChI is InChI=1S/C13H19N3O4/c1-13(2,20-4)8-15-12(17)9-5-6-11(16(18)19)10(7-9)14-3/h5-7,14H,8H2,1-4H3,(H,15,17). The van der Waals surface area contributed by atoms with Gasteiger partial charge in [0.25, 0.3) is 11.6 Å².